The largest absolute Gasteiger partial charge is 0.454 e. The van der Waals surface area contributed by atoms with Crippen LogP contribution in [0.4, 0.5) is 5.69 Å². The predicted octanol–water partition coefficient (Wildman–Crippen LogP) is 1.00. The number of piperazine rings is 1. The summed E-state index contributed by atoms with van der Waals surface area (Å²) in [5.41, 5.74) is 1.04. The van der Waals surface area contributed by atoms with Crippen LogP contribution in [0.3, 0.4) is 0 Å². The Balaban J connectivity index is 1.34. The summed E-state index contributed by atoms with van der Waals surface area (Å²) >= 11 is 0. The molecule has 10 nitrogen and oxygen atoms in total. The maximum absolute atomic E-state index is 12.5. The summed E-state index contributed by atoms with van der Waals surface area (Å²) in [5.74, 6) is 0.363. The zero-order chi connectivity index (χ0) is 20.4. The molecule has 2 aliphatic heterocycles. The number of carbonyl (C=O) groups is 3. The van der Waals surface area contributed by atoms with E-state index in [0.29, 0.717) is 48.9 Å². The number of carbonyl (C=O) groups excluding carboxylic acids is 3. The van der Waals surface area contributed by atoms with Gasteiger partial charge in [-0.25, -0.2) is 4.98 Å². The Morgan fingerprint density at radius 3 is 2.48 bits per heavy atom. The number of rotatable bonds is 5. The van der Waals surface area contributed by atoms with Crippen molar-refractivity contribution in [1.29, 1.82) is 0 Å². The lowest BCUT2D eigenvalue weighted by atomic mass is 10.1. The number of benzene rings is 1. The van der Waals surface area contributed by atoms with Crippen molar-refractivity contribution in [3.8, 4) is 11.5 Å². The van der Waals surface area contributed by atoms with E-state index in [0.717, 1.165) is 0 Å². The predicted molar refractivity (Wildman–Crippen MR) is 100 cm³/mol. The molecule has 1 aromatic carbocycles. The van der Waals surface area contributed by atoms with E-state index in [9.17, 15) is 14.4 Å². The van der Waals surface area contributed by atoms with Crippen molar-refractivity contribution in [1.82, 2.24) is 14.8 Å². The molecule has 1 N–H and O–H groups in total. The number of hydrogen-bond acceptors (Lipinski definition) is 8. The number of hydrogen-bond donors (Lipinski definition) is 1. The Hall–Kier alpha value is -3.40. The minimum atomic E-state index is -0.248. The highest BCUT2D eigenvalue weighted by Gasteiger charge is 2.25. The number of nitrogens with one attached hydrogen (secondary N) is 1. The van der Waals surface area contributed by atoms with E-state index >= 15 is 0 Å². The zero-order valence-electron chi connectivity index (χ0n) is 15.8. The number of oxazole rings is 1. The Morgan fingerprint density at radius 1 is 1.10 bits per heavy atom. The average Bonchev–Trinajstić information content (AvgIpc) is 3.39. The zero-order valence-corrected chi connectivity index (χ0v) is 15.8. The van der Waals surface area contributed by atoms with E-state index in [-0.39, 0.29) is 36.6 Å². The normalized spacial score (nSPS) is 16.0. The quantitative estimate of drug-likeness (QED) is 0.740. The summed E-state index contributed by atoms with van der Waals surface area (Å²) in [7, 11) is 0. The van der Waals surface area contributed by atoms with E-state index in [4.69, 9.17) is 13.9 Å². The molecule has 1 aromatic heterocycles. The summed E-state index contributed by atoms with van der Waals surface area (Å²) < 4.78 is 15.5. The molecule has 0 unspecified atom stereocenters. The van der Waals surface area contributed by atoms with Gasteiger partial charge in [0.25, 0.3) is 5.91 Å². The second-order valence-corrected chi connectivity index (χ2v) is 6.80. The van der Waals surface area contributed by atoms with Crippen LogP contribution < -0.4 is 14.8 Å². The van der Waals surface area contributed by atoms with Crippen LogP contribution in [-0.4, -0.2) is 71.9 Å². The molecule has 0 saturated carbocycles. The third kappa shape index (κ3) is 4.06. The Morgan fingerprint density at radius 2 is 1.83 bits per heavy atom. The lowest BCUT2D eigenvalue weighted by Gasteiger charge is -2.33. The molecular formula is C19H20N4O6. The van der Waals surface area contributed by atoms with Crippen molar-refractivity contribution in [2.24, 2.45) is 0 Å². The first-order chi connectivity index (χ1) is 14.0. The van der Waals surface area contributed by atoms with E-state index in [1.54, 1.807) is 17.0 Å². The number of aromatic nitrogens is 1. The van der Waals surface area contributed by atoms with Gasteiger partial charge < -0.3 is 24.1 Å². The van der Waals surface area contributed by atoms with Gasteiger partial charge in [0, 0.05) is 37.8 Å². The third-order valence-electron chi connectivity index (χ3n) is 4.84. The molecule has 2 aromatic rings. The number of ketones is 1. The van der Waals surface area contributed by atoms with Crippen molar-refractivity contribution in [2.45, 2.75) is 6.92 Å². The van der Waals surface area contributed by atoms with Gasteiger partial charge in [0.15, 0.2) is 29.4 Å². The summed E-state index contributed by atoms with van der Waals surface area (Å²) in [6.07, 6.45) is 2.54. The third-order valence-corrected chi connectivity index (χ3v) is 4.84. The standard InChI is InChI=1S/C19H20N4O6/c1-12(24)13-6-16-17(29-11-28-16)7-14(13)21-18(25)8-22-2-4-23(5-3-22)19(26)15-9-27-10-20-15/h6-7,9-10H,2-5,8,11H2,1H3,(H,21,25). The molecule has 2 amide bonds. The summed E-state index contributed by atoms with van der Waals surface area (Å²) in [4.78, 5) is 44.2. The molecule has 152 valence electrons. The molecule has 29 heavy (non-hydrogen) atoms. The Kier molecular flexibility index (Phi) is 5.17. The molecule has 1 fully saturated rings. The van der Waals surface area contributed by atoms with Crippen LogP contribution in [0.1, 0.15) is 27.8 Å². The van der Waals surface area contributed by atoms with Crippen molar-refractivity contribution in [3.05, 3.63) is 36.0 Å². The van der Waals surface area contributed by atoms with E-state index in [1.807, 2.05) is 4.90 Å². The minimum Gasteiger partial charge on any atom is -0.454 e. The fourth-order valence-electron chi connectivity index (χ4n) is 3.32. The minimum absolute atomic E-state index is 0.0847. The Labute approximate surface area is 166 Å². The lowest BCUT2D eigenvalue weighted by molar-refractivity contribution is -0.117. The van der Waals surface area contributed by atoms with E-state index < -0.39 is 0 Å². The smallest absolute Gasteiger partial charge is 0.275 e. The molecule has 2 aliphatic rings. The number of nitrogens with zero attached hydrogens (tertiary/aromatic N) is 3. The SMILES string of the molecule is CC(=O)c1cc2c(cc1NC(=O)CN1CCN(C(=O)c3cocn3)CC1)OCO2. The van der Waals surface area contributed by atoms with Crippen LogP contribution in [0.2, 0.25) is 0 Å². The highest BCUT2D eigenvalue weighted by atomic mass is 16.7. The highest BCUT2D eigenvalue weighted by molar-refractivity contribution is 6.05. The summed E-state index contributed by atoms with van der Waals surface area (Å²) in [5, 5.41) is 2.79. The van der Waals surface area contributed by atoms with Crippen molar-refractivity contribution < 1.29 is 28.3 Å². The molecule has 0 spiro atoms. The number of amides is 2. The van der Waals surface area contributed by atoms with Gasteiger partial charge >= 0.3 is 0 Å². The molecular weight excluding hydrogens is 380 g/mol. The van der Waals surface area contributed by atoms with Gasteiger partial charge in [0.05, 0.1) is 12.2 Å². The maximum Gasteiger partial charge on any atom is 0.275 e. The van der Waals surface area contributed by atoms with Crippen LogP contribution in [0.25, 0.3) is 0 Å². The van der Waals surface area contributed by atoms with Crippen LogP contribution in [0.5, 0.6) is 11.5 Å². The van der Waals surface area contributed by atoms with Crippen LogP contribution >= 0.6 is 0 Å². The van der Waals surface area contributed by atoms with Gasteiger partial charge in [0.2, 0.25) is 12.7 Å². The number of anilines is 1. The van der Waals surface area contributed by atoms with Crippen molar-refractivity contribution in [3.63, 3.8) is 0 Å². The van der Waals surface area contributed by atoms with Gasteiger partial charge in [0.1, 0.15) is 6.26 Å². The average molecular weight is 400 g/mol. The fourth-order valence-corrected chi connectivity index (χ4v) is 3.32. The van der Waals surface area contributed by atoms with Gasteiger partial charge in [-0.1, -0.05) is 0 Å². The molecule has 0 radical (unpaired) electrons. The number of ether oxygens (including phenoxy) is 2. The number of fused-ring (bicyclic) bond motifs is 1. The molecule has 10 heteroatoms. The molecule has 0 aliphatic carbocycles. The molecule has 1 saturated heterocycles. The van der Waals surface area contributed by atoms with Gasteiger partial charge in [-0.05, 0) is 13.0 Å². The van der Waals surface area contributed by atoms with Crippen molar-refractivity contribution in [2.75, 3.05) is 44.8 Å². The maximum atomic E-state index is 12.5. The van der Waals surface area contributed by atoms with Gasteiger partial charge in [-0.2, -0.15) is 0 Å². The summed E-state index contributed by atoms with van der Waals surface area (Å²) in [6, 6.07) is 3.18. The first-order valence-electron chi connectivity index (χ1n) is 9.15. The molecule has 4 rings (SSSR count). The van der Waals surface area contributed by atoms with Gasteiger partial charge in [-0.15, -0.1) is 0 Å². The molecule has 0 bridgehead atoms. The first-order valence-corrected chi connectivity index (χ1v) is 9.15. The topological polar surface area (TPSA) is 114 Å². The monoisotopic (exact) mass is 400 g/mol. The Bertz CT molecular complexity index is 934. The highest BCUT2D eigenvalue weighted by Crippen LogP contribution is 2.37. The lowest BCUT2D eigenvalue weighted by Crippen LogP contribution is -2.50. The number of Topliss-reactive ketones (excluding diaryl/α,β-unsaturated/α-hetero) is 1. The van der Waals surface area contributed by atoms with E-state index in [2.05, 4.69) is 10.3 Å². The molecule has 3 heterocycles. The second kappa shape index (κ2) is 7.92. The van der Waals surface area contributed by atoms with Crippen molar-refractivity contribution >= 4 is 23.3 Å². The van der Waals surface area contributed by atoms with Crippen LogP contribution in [0.15, 0.2) is 29.2 Å². The summed E-state index contributed by atoms with van der Waals surface area (Å²) in [6.45, 7) is 3.75. The van der Waals surface area contributed by atoms with Gasteiger partial charge in [-0.3, -0.25) is 19.3 Å². The fraction of sp³-hybridized carbons (Fsp3) is 0.368. The first kappa shape index (κ1) is 18.9. The van der Waals surface area contributed by atoms with Crippen LogP contribution in [-0.2, 0) is 4.79 Å². The second-order valence-electron chi connectivity index (χ2n) is 6.80. The van der Waals surface area contributed by atoms with Crippen LogP contribution in [0, 0.1) is 0 Å². The van der Waals surface area contributed by atoms with E-state index in [1.165, 1.54) is 19.6 Å². The molecule has 0 atom stereocenters.